The van der Waals surface area contributed by atoms with Crippen molar-refractivity contribution in [2.45, 2.75) is 13.3 Å². The number of nitro benzene ring substituents is 1. The van der Waals surface area contributed by atoms with Gasteiger partial charge in [0.2, 0.25) is 0 Å². The van der Waals surface area contributed by atoms with Gasteiger partial charge in [-0.3, -0.25) is 10.1 Å². The number of nitriles is 1. The Balaban J connectivity index is 2.13. The molecule has 0 saturated carbocycles. The number of hydrogen-bond acceptors (Lipinski definition) is 5. The molecule has 3 aromatic rings. The van der Waals surface area contributed by atoms with Crippen LogP contribution < -0.4 is 5.63 Å². The average Bonchev–Trinajstić information content (AvgIpc) is 2.58. The smallest absolute Gasteiger partial charge is 0.340 e. The Hall–Kier alpha value is -3.46. The molecule has 0 bridgehead atoms. The van der Waals surface area contributed by atoms with Crippen LogP contribution in [0.1, 0.15) is 22.3 Å². The second kappa shape index (κ2) is 5.97. The third-order valence-corrected chi connectivity index (χ3v) is 3.92. The number of nitro groups is 1. The van der Waals surface area contributed by atoms with Crippen LogP contribution in [0.25, 0.3) is 11.0 Å². The zero-order valence-electron chi connectivity index (χ0n) is 12.8. The van der Waals surface area contributed by atoms with Crippen LogP contribution in [0.4, 0.5) is 5.69 Å². The molecular weight excluding hydrogens is 308 g/mol. The summed E-state index contributed by atoms with van der Waals surface area (Å²) in [5, 5.41) is 20.6. The molecule has 6 nitrogen and oxygen atoms in total. The number of hydrogen-bond donors (Lipinski definition) is 0. The summed E-state index contributed by atoms with van der Waals surface area (Å²) in [6, 6.07) is 13.1. The lowest BCUT2D eigenvalue weighted by molar-refractivity contribution is -0.384. The molecule has 3 rings (SSSR count). The molecule has 24 heavy (non-hydrogen) atoms. The van der Waals surface area contributed by atoms with Gasteiger partial charge in [0.05, 0.1) is 16.6 Å². The molecule has 0 unspecified atom stereocenters. The summed E-state index contributed by atoms with van der Waals surface area (Å²) in [5.74, 6) is 0. The minimum Gasteiger partial charge on any atom is -0.423 e. The number of aryl methyl sites for hydroxylation is 1. The molecule has 0 aliphatic heterocycles. The summed E-state index contributed by atoms with van der Waals surface area (Å²) in [7, 11) is 0. The molecule has 0 amide bonds. The summed E-state index contributed by atoms with van der Waals surface area (Å²) in [4.78, 5) is 22.7. The summed E-state index contributed by atoms with van der Waals surface area (Å²) < 4.78 is 5.32. The van der Waals surface area contributed by atoms with Gasteiger partial charge in [0.1, 0.15) is 5.58 Å². The minimum absolute atomic E-state index is 0.0258. The van der Waals surface area contributed by atoms with Gasteiger partial charge < -0.3 is 4.42 Å². The lowest BCUT2D eigenvalue weighted by Gasteiger charge is -2.08. The molecule has 0 N–H and O–H groups in total. The highest BCUT2D eigenvalue weighted by Gasteiger charge is 2.14. The summed E-state index contributed by atoms with van der Waals surface area (Å²) in [6.07, 6.45) is 0.225. The SMILES string of the molecule is Cc1c(Cc2cccc([N+](=O)[O-])c2)c(=O)oc2ccc(C#N)cc12. The van der Waals surface area contributed by atoms with Crippen LogP contribution in [0.15, 0.2) is 51.7 Å². The predicted octanol–water partition coefficient (Wildman–Crippen LogP) is 3.47. The Kier molecular flexibility index (Phi) is 3.84. The number of rotatable bonds is 3. The molecule has 0 aliphatic rings. The van der Waals surface area contributed by atoms with Gasteiger partial charge in [0, 0.05) is 29.5 Å². The van der Waals surface area contributed by atoms with Crippen LogP contribution >= 0.6 is 0 Å². The minimum atomic E-state index is -0.476. The quantitative estimate of drug-likeness (QED) is 0.418. The predicted molar refractivity (Wildman–Crippen MR) is 87.8 cm³/mol. The Bertz CT molecular complexity index is 1060. The molecule has 118 valence electrons. The summed E-state index contributed by atoms with van der Waals surface area (Å²) in [6.45, 7) is 1.78. The molecule has 0 aliphatic carbocycles. The van der Waals surface area contributed by atoms with Crippen molar-refractivity contribution in [1.82, 2.24) is 0 Å². The van der Waals surface area contributed by atoms with Gasteiger partial charge in [-0.1, -0.05) is 12.1 Å². The van der Waals surface area contributed by atoms with Crippen molar-refractivity contribution in [1.29, 1.82) is 5.26 Å². The van der Waals surface area contributed by atoms with E-state index in [4.69, 9.17) is 9.68 Å². The molecule has 2 aromatic carbocycles. The molecule has 0 fully saturated rings. The van der Waals surface area contributed by atoms with Gasteiger partial charge in [-0.05, 0) is 36.2 Å². The molecule has 0 saturated heterocycles. The van der Waals surface area contributed by atoms with Crippen LogP contribution in [0, 0.1) is 28.4 Å². The Morgan fingerprint density at radius 3 is 2.75 bits per heavy atom. The highest BCUT2D eigenvalue weighted by atomic mass is 16.6. The molecule has 1 heterocycles. The molecular formula is C18H12N2O4. The Labute approximate surface area is 136 Å². The molecule has 0 atom stereocenters. The largest absolute Gasteiger partial charge is 0.423 e. The van der Waals surface area contributed by atoms with E-state index in [1.54, 1.807) is 37.3 Å². The van der Waals surface area contributed by atoms with Crippen molar-refractivity contribution in [3.63, 3.8) is 0 Å². The van der Waals surface area contributed by atoms with E-state index in [0.29, 0.717) is 33.2 Å². The Morgan fingerprint density at radius 1 is 1.25 bits per heavy atom. The van der Waals surface area contributed by atoms with Crippen molar-refractivity contribution >= 4 is 16.7 Å². The highest BCUT2D eigenvalue weighted by molar-refractivity contribution is 5.82. The van der Waals surface area contributed by atoms with E-state index in [9.17, 15) is 14.9 Å². The van der Waals surface area contributed by atoms with Gasteiger partial charge >= 0.3 is 5.63 Å². The molecule has 1 aromatic heterocycles. The third kappa shape index (κ3) is 2.75. The summed E-state index contributed by atoms with van der Waals surface area (Å²) >= 11 is 0. The van der Waals surface area contributed by atoms with E-state index >= 15 is 0 Å². The van der Waals surface area contributed by atoms with Crippen LogP contribution in [0.5, 0.6) is 0 Å². The van der Waals surface area contributed by atoms with E-state index in [-0.39, 0.29) is 12.1 Å². The highest BCUT2D eigenvalue weighted by Crippen LogP contribution is 2.23. The van der Waals surface area contributed by atoms with Gasteiger partial charge in [-0.2, -0.15) is 5.26 Å². The lowest BCUT2D eigenvalue weighted by atomic mass is 9.98. The van der Waals surface area contributed by atoms with E-state index < -0.39 is 10.5 Å². The maximum absolute atomic E-state index is 12.3. The van der Waals surface area contributed by atoms with Gasteiger partial charge in [0.25, 0.3) is 5.69 Å². The van der Waals surface area contributed by atoms with Crippen molar-refractivity contribution in [2.24, 2.45) is 0 Å². The number of fused-ring (bicyclic) bond motifs is 1. The first kappa shape index (κ1) is 15.4. The third-order valence-electron chi connectivity index (χ3n) is 3.92. The monoisotopic (exact) mass is 320 g/mol. The van der Waals surface area contributed by atoms with Gasteiger partial charge in [-0.15, -0.1) is 0 Å². The van der Waals surface area contributed by atoms with E-state index in [1.165, 1.54) is 12.1 Å². The normalized spacial score (nSPS) is 10.5. The fourth-order valence-electron chi connectivity index (χ4n) is 2.65. The van der Waals surface area contributed by atoms with Gasteiger partial charge in [-0.25, -0.2) is 4.79 Å². The molecule has 0 spiro atoms. The number of nitrogens with zero attached hydrogens (tertiary/aromatic N) is 2. The van der Waals surface area contributed by atoms with E-state index in [2.05, 4.69) is 6.07 Å². The maximum atomic E-state index is 12.3. The second-order valence-electron chi connectivity index (χ2n) is 5.42. The van der Waals surface area contributed by atoms with Crippen LogP contribution in [0.2, 0.25) is 0 Å². The van der Waals surface area contributed by atoms with E-state index in [1.807, 2.05) is 0 Å². The fraction of sp³-hybridized carbons (Fsp3) is 0.111. The summed E-state index contributed by atoms with van der Waals surface area (Å²) in [5.41, 5.74) is 2.18. The van der Waals surface area contributed by atoms with Crippen molar-refractivity contribution < 1.29 is 9.34 Å². The average molecular weight is 320 g/mol. The second-order valence-corrected chi connectivity index (χ2v) is 5.42. The number of non-ortho nitro benzene ring substituents is 1. The van der Waals surface area contributed by atoms with Crippen LogP contribution in [-0.4, -0.2) is 4.92 Å². The fourth-order valence-corrected chi connectivity index (χ4v) is 2.65. The standard InChI is InChI=1S/C18H12N2O4/c1-11-15-9-13(10-19)5-6-17(15)24-18(21)16(11)8-12-3-2-4-14(7-12)20(22)23/h2-7,9H,8H2,1H3. The first-order valence-electron chi connectivity index (χ1n) is 7.19. The zero-order valence-corrected chi connectivity index (χ0v) is 12.8. The van der Waals surface area contributed by atoms with E-state index in [0.717, 1.165) is 0 Å². The van der Waals surface area contributed by atoms with Gasteiger partial charge in [0.15, 0.2) is 0 Å². The van der Waals surface area contributed by atoms with Crippen molar-refractivity contribution in [3.8, 4) is 6.07 Å². The first-order chi connectivity index (χ1) is 11.5. The molecule has 0 radical (unpaired) electrons. The van der Waals surface area contributed by atoms with Crippen molar-refractivity contribution in [3.05, 3.63) is 85.3 Å². The lowest BCUT2D eigenvalue weighted by Crippen LogP contribution is -2.11. The first-order valence-corrected chi connectivity index (χ1v) is 7.19. The van der Waals surface area contributed by atoms with Crippen LogP contribution in [-0.2, 0) is 6.42 Å². The van der Waals surface area contributed by atoms with Crippen LogP contribution in [0.3, 0.4) is 0 Å². The topological polar surface area (TPSA) is 97.1 Å². The zero-order chi connectivity index (χ0) is 17.3. The molecule has 6 heteroatoms. The Morgan fingerprint density at radius 2 is 2.04 bits per heavy atom. The number of benzene rings is 2. The maximum Gasteiger partial charge on any atom is 0.340 e. The van der Waals surface area contributed by atoms with Crippen molar-refractivity contribution in [2.75, 3.05) is 0 Å².